The molecule has 0 atom stereocenters. The average Bonchev–Trinajstić information content (AvgIpc) is 2.36. The molecule has 1 aromatic carbocycles. The van der Waals surface area contributed by atoms with Gasteiger partial charge in [-0.25, -0.2) is 0 Å². The van der Waals surface area contributed by atoms with Crippen molar-refractivity contribution in [3.8, 4) is 0 Å². The van der Waals surface area contributed by atoms with E-state index >= 15 is 0 Å². The Morgan fingerprint density at radius 2 is 1.95 bits per heavy atom. The van der Waals surface area contributed by atoms with Gasteiger partial charge in [-0.05, 0) is 72.8 Å². The van der Waals surface area contributed by atoms with Gasteiger partial charge in [0.2, 0.25) is 0 Å². The molecule has 19 heavy (non-hydrogen) atoms. The lowest BCUT2D eigenvalue weighted by Gasteiger charge is -2.35. The lowest BCUT2D eigenvalue weighted by Crippen LogP contribution is -2.43. The number of benzene rings is 1. The maximum atomic E-state index is 3.73. The molecule has 1 saturated heterocycles. The molecule has 106 valence electrons. The van der Waals surface area contributed by atoms with Crippen molar-refractivity contribution in [3.63, 3.8) is 0 Å². The van der Waals surface area contributed by atoms with Crippen LogP contribution in [0.25, 0.3) is 0 Å². The highest BCUT2D eigenvalue weighted by molar-refractivity contribution is 9.10. The summed E-state index contributed by atoms with van der Waals surface area (Å²) in [5.74, 6) is 0. The molecule has 1 heterocycles. The van der Waals surface area contributed by atoms with Crippen LogP contribution >= 0.6 is 15.9 Å². The van der Waals surface area contributed by atoms with Gasteiger partial charge in [0.25, 0.3) is 0 Å². The van der Waals surface area contributed by atoms with E-state index in [-0.39, 0.29) is 0 Å². The molecule has 2 rings (SSSR count). The monoisotopic (exact) mass is 324 g/mol. The Morgan fingerprint density at radius 3 is 2.53 bits per heavy atom. The second-order valence-electron chi connectivity index (χ2n) is 5.63. The Labute approximate surface area is 125 Å². The lowest BCUT2D eigenvalue weighted by atomic mass is 10.0. The molecule has 0 aliphatic carbocycles. The van der Waals surface area contributed by atoms with E-state index in [1.807, 2.05) is 0 Å². The maximum absolute atomic E-state index is 3.73. The summed E-state index contributed by atoms with van der Waals surface area (Å²) in [4.78, 5) is 2.53. The van der Waals surface area contributed by atoms with Gasteiger partial charge in [-0.1, -0.05) is 13.0 Å². The van der Waals surface area contributed by atoms with Crippen molar-refractivity contribution in [3.05, 3.63) is 27.7 Å². The quantitative estimate of drug-likeness (QED) is 0.899. The number of nitrogens with zero attached hydrogens (tertiary/aromatic N) is 1. The summed E-state index contributed by atoms with van der Waals surface area (Å²) in [5, 5.41) is 3.64. The lowest BCUT2D eigenvalue weighted by molar-refractivity contribution is 0.415. The van der Waals surface area contributed by atoms with E-state index < -0.39 is 0 Å². The Morgan fingerprint density at radius 1 is 1.26 bits per heavy atom. The van der Waals surface area contributed by atoms with Gasteiger partial charge in [0.05, 0.1) is 5.69 Å². The van der Waals surface area contributed by atoms with Crippen LogP contribution in [-0.4, -0.2) is 25.7 Å². The van der Waals surface area contributed by atoms with Gasteiger partial charge in [0, 0.05) is 23.6 Å². The zero-order valence-corrected chi connectivity index (χ0v) is 13.9. The zero-order chi connectivity index (χ0) is 13.8. The molecule has 0 bridgehead atoms. The highest BCUT2D eigenvalue weighted by Gasteiger charge is 2.21. The maximum Gasteiger partial charge on any atom is 0.0540 e. The van der Waals surface area contributed by atoms with Gasteiger partial charge < -0.3 is 10.2 Å². The molecule has 0 saturated carbocycles. The van der Waals surface area contributed by atoms with Crippen LogP contribution in [0.15, 0.2) is 16.6 Å². The fourth-order valence-electron chi connectivity index (χ4n) is 2.96. The van der Waals surface area contributed by atoms with Crippen molar-refractivity contribution in [1.82, 2.24) is 5.32 Å². The second-order valence-corrected chi connectivity index (χ2v) is 6.48. The third kappa shape index (κ3) is 3.73. The van der Waals surface area contributed by atoms with Crippen LogP contribution in [0.1, 0.15) is 37.3 Å². The molecule has 1 fully saturated rings. The fourth-order valence-corrected chi connectivity index (χ4v) is 3.89. The van der Waals surface area contributed by atoms with Gasteiger partial charge in [-0.15, -0.1) is 0 Å². The zero-order valence-electron chi connectivity index (χ0n) is 12.3. The van der Waals surface area contributed by atoms with E-state index in [0.717, 1.165) is 19.6 Å². The van der Waals surface area contributed by atoms with Crippen molar-refractivity contribution in [1.29, 1.82) is 0 Å². The Kier molecular flexibility index (Phi) is 5.28. The molecular formula is C16H25BrN2. The van der Waals surface area contributed by atoms with E-state index in [1.165, 1.54) is 40.5 Å². The predicted molar refractivity (Wildman–Crippen MR) is 87.1 cm³/mol. The molecule has 0 unspecified atom stereocenters. The number of anilines is 1. The number of piperidine rings is 1. The van der Waals surface area contributed by atoms with Gasteiger partial charge in [-0.3, -0.25) is 0 Å². The summed E-state index contributed by atoms with van der Waals surface area (Å²) >= 11 is 3.73. The molecule has 1 aliphatic rings. The van der Waals surface area contributed by atoms with Crippen molar-refractivity contribution in [2.24, 2.45) is 0 Å². The first-order valence-corrected chi connectivity index (χ1v) is 8.16. The van der Waals surface area contributed by atoms with Crippen LogP contribution in [0.4, 0.5) is 5.69 Å². The average molecular weight is 325 g/mol. The van der Waals surface area contributed by atoms with E-state index in [4.69, 9.17) is 0 Å². The molecule has 1 aromatic rings. The summed E-state index contributed by atoms with van der Waals surface area (Å²) in [6, 6.07) is 5.21. The SMILES string of the molecule is CCCNC1CCN(c2c(C)cc(C)cc2Br)CC1. The van der Waals surface area contributed by atoms with Crippen LogP contribution in [-0.2, 0) is 0 Å². The summed E-state index contributed by atoms with van der Waals surface area (Å²) in [7, 11) is 0. The summed E-state index contributed by atoms with van der Waals surface area (Å²) in [6.45, 7) is 10.1. The standard InChI is InChI=1S/C16H25BrN2/c1-4-7-18-14-5-8-19(9-6-14)16-13(3)10-12(2)11-15(16)17/h10-11,14,18H,4-9H2,1-3H3. The van der Waals surface area contributed by atoms with Gasteiger partial charge in [0.1, 0.15) is 0 Å². The third-order valence-electron chi connectivity index (χ3n) is 3.89. The van der Waals surface area contributed by atoms with Gasteiger partial charge in [0.15, 0.2) is 0 Å². The first-order valence-electron chi connectivity index (χ1n) is 7.37. The first-order chi connectivity index (χ1) is 9.11. The van der Waals surface area contributed by atoms with Crippen LogP contribution in [0, 0.1) is 13.8 Å². The van der Waals surface area contributed by atoms with Gasteiger partial charge in [-0.2, -0.15) is 0 Å². The van der Waals surface area contributed by atoms with Crippen molar-refractivity contribution < 1.29 is 0 Å². The summed E-state index contributed by atoms with van der Waals surface area (Å²) in [5.41, 5.74) is 4.10. The second kappa shape index (κ2) is 6.76. The number of rotatable bonds is 4. The number of halogens is 1. The summed E-state index contributed by atoms with van der Waals surface area (Å²) in [6.07, 6.45) is 3.72. The van der Waals surface area contributed by atoms with Crippen molar-refractivity contribution >= 4 is 21.6 Å². The van der Waals surface area contributed by atoms with Crippen LogP contribution in [0.2, 0.25) is 0 Å². The van der Waals surface area contributed by atoms with Crippen LogP contribution in [0.5, 0.6) is 0 Å². The topological polar surface area (TPSA) is 15.3 Å². The number of nitrogens with one attached hydrogen (secondary N) is 1. The van der Waals surface area contributed by atoms with Crippen molar-refractivity contribution in [2.75, 3.05) is 24.5 Å². The normalized spacial score (nSPS) is 16.9. The third-order valence-corrected chi connectivity index (χ3v) is 4.50. The minimum absolute atomic E-state index is 0.709. The molecule has 0 spiro atoms. The number of hydrogen-bond donors (Lipinski definition) is 1. The Hall–Kier alpha value is -0.540. The first kappa shape index (κ1) is 14.9. The molecule has 1 aliphatic heterocycles. The number of hydrogen-bond acceptors (Lipinski definition) is 2. The smallest absolute Gasteiger partial charge is 0.0540 e. The van der Waals surface area contributed by atoms with Crippen molar-refractivity contribution in [2.45, 2.75) is 46.1 Å². The fraction of sp³-hybridized carbons (Fsp3) is 0.625. The van der Waals surface area contributed by atoms with E-state index in [0.29, 0.717) is 6.04 Å². The number of aryl methyl sites for hydroxylation is 2. The summed E-state index contributed by atoms with van der Waals surface area (Å²) < 4.78 is 1.24. The highest BCUT2D eigenvalue weighted by Crippen LogP contribution is 2.33. The molecule has 0 aromatic heterocycles. The van der Waals surface area contributed by atoms with E-state index in [9.17, 15) is 0 Å². The molecule has 1 N–H and O–H groups in total. The Balaban J connectivity index is 2.02. The largest absolute Gasteiger partial charge is 0.370 e. The molecular weight excluding hydrogens is 300 g/mol. The Bertz CT molecular complexity index is 400. The van der Waals surface area contributed by atoms with Crippen LogP contribution in [0.3, 0.4) is 0 Å². The minimum atomic E-state index is 0.709. The minimum Gasteiger partial charge on any atom is -0.370 e. The molecule has 0 radical (unpaired) electrons. The molecule has 3 heteroatoms. The van der Waals surface area contributed by atoms with E-state index in [2.05, 4.69) is 59.1 Å². The molecule has 2 nitrogen and oxygen atoms in total. The van der Waals surface area contributed by atoms with Gasteiger partial charge >= 0.3 is 0 Å². The molecule has 0 amide bonds. The van der Waals surface area contributed by atoms with E-state index in [1.54, 1.807) is 0 Å². The highest BCUT2D eigenvalue weighted by atomic mass is 79.9. The van der Waals surface area contributed by atoms with Crippen LogP contribution < -0.4 is 10.2 Å². The predicted octanol–water partition coefficient (Wildman–Crippen LogP) is 4.03.